The molecule has 0 aromatic carbocycles. The van der Waals surface area contributed by atoms with E-state index in [1.54, 1.807) is 16.8 Å². The topological polar surface area (TPSA) is 76.9 Å². The minimum absolute atomic E-state index is 0.0761. The van der Waals surface area contributed by atoms with E-state index in [1.165, 1.54) is 18.0 Å². The number of thioether (sulfide) groups is 1. The van der Waals surface area contributed by atoms with Crippen LogP contribution in [0, 0.1) is 0 Å². The van der Waals surface area contributed by atoms with Crippen molar-refractivity contribution in [1.82, 2.24) is 19.9 Å². The summed E-state index contributed by atoms with van der Waals surface area (Å²) in [6.45, 7) is 0.892. The zero-order valence-electron chi connectivity index (χ0n) is 10.6. The van der Waals surface area contributed by atoms with E-state index in [-0.39, 0.29) is 17.7 Å². The van der Waals surface area contributed by atoms with Gasteiger partial charge in [-0.2, -0.15) is 0 Å². The maximum Gasteiger partial charge on any atom is 0.267 e. The van der Waals surface area contributed by atoms with Crippen LogP contribution in [0.2, 0.25) is 0 Å². The summed E-state index contributed by atoms with van der Waals surface area (Å²) < 4.78 is 1.54. The lowest BCUT2D eigenvalue weighted by molar-refractivity contribution is 0.0947. The molecular formula is C13H12N4O2S. The molecule has 0 saturated carbocycles. The maximum atomic E-state index is 12.1. The van der Waals surface area contributed by atoms with E-state index < -0.39 is 5.91 Å². The van der Waals surface area contributed by atoms with Gasteiger partial charge in [0, 0.05) is 24.7 Å². The first kappa shape index (κ1) is 12.9. The molecule has 0 bridgehead atoms. The van der Waals surface area contributed by atoms with E-state index in [0.29, 0.717) is 11.7 Å². The number of aromatic nitrogens is 3. The van der Waals surface area contributed by atoms with Gasteiger partial charge in [-0.05, 0) is 12.1 Å². The fourth-order valence-corrected chi connectivity index (χ4v) is 2.86. The minimum atomic E-state index is -0.416. The van der Waals surface area contributed by atoms with Gasteiger partial charge in [0.05, 0.1) is 12.2 Å². The predicted octanol–water partition coefficient (Wildman–Crippen LogP) is 0.674. The van der Waals surface area contributed by atoms with Crippen molar-refractivity contribution in [3.05, 3.63) is 52.2 Å². The molecule has 1 amide bonds. The molecule has 3 heterocycles. The van der Waals surface area contributed by atoms with Crippen LogP contribution in [-0.4, -0.2) is 26.2 Å². The van der Waals surface area contributed by atoms with Crippen molar-refractivity contribution in [1.29, 1.82) is 0 Å². The molecule has 1 aliphatic heterocycles. The smallest absolute Gasteiger partial charge is 0.267 e. The fourth-order valence-electron chi connectivity index (χ4n) is 1.94. The van der Waals surface area contributed by atoms with E-state index >= 15 is 0 Å². The molecule has 0 atom stereocenters. The number of nitrogens with one attached hydrogen (secondary N) is 1. The number of carbonyl (C=O) groups is 1. The quantitative estimate of drug-likeness (QED) is 0.840. The molecule has 2 aromatic heterocycles. The number of amides is 1. The largest absolute Gasteiger partial charge is 0.346 e. The average Bonchev–Trinajstić information content (AvgIpc) is 2.96. The van der Waals surface area contributed by atoms with Gasteiger partial charge in [0.25, 0.3) is 11.5 Å². The lowest BCUT2D eigenvalue weighted by atomic mass is 10.3. The summed E-state index contributed by atoms with van der Waals surface area (Å²) in [6.07, 6.45) is 3.00. The van der Waals surface area contributed by atoms with E-state index in [1.807, 2.05) is 12.1 Å². The van der Waals surface area contributed by atoms with Crippen LogP contribution < -0.4 is 10.9 Å². The van der Waals surface area contributed by atoms with E-state index in [2.05, 4.69) is 15.3 Å². The Labute approximate surface area is 119 Å². The van der Waals surface area contributed by atoms with Gasteiger partial charge in [-0.25, -0.2) is 4.98 Å². The van der Waals surface area contributed by atoms with Crippen LogP contribution in [0.3, 0.4) is 0 Å². The first-order valence-corrected chi connectivity index (χ1v) is 7.15. The third kappa shape index (κ3) is 2.44. The molecule has 0 radical (unpaired) electrons. The summed E-state index contributed by atoms with van der Waals surface area (Å²) in [4.78, 5) is 32.4. The molecule has 0 aliphatic carbocycles. The molecule has 0 saturated heterocycles. The lowest BCUT2D eigenvalue weighted by Crippen LogP contribution is -2.33. The third-order valence-electron chi connectivity index (χ3n) is 2.96. The van der Waals surface area contributed by atoms with Crippen LogP contribution in [-0.2, 0) is 13.1 Å². The molecule has 1 N–H and O–H groups in total. The van der Waals surface area contributed by atoms with Crippen molar-refractivity contribution in [2.45, 2.75) is 18.2 Å². The van der Waals surface area contributed by atoms with Crippen LogP contribution in [0.4, 0.5) is 0 Å². The molecule has 7 heteroatoms. The van der Waals surface area contributed by atoms with Crippen molar-refractivity contribution in [2.75, 3.05) is 5.75 Å². The summed E-state index contributed by atoms with van der Waals surface area (Å²) in [6, 6.07) is 5.46. The van der Waals surface area contributed by atoms with Gasteiger partial charge in [-0.3, -0.25) is 19.1 Å². The van der Waals surface area contributed by atoms with Crippen LogP contribution in [0.25, 0.3) is 0 Å². The highest BCUT2D eigenvalue weighted by molar-refractivity contribution is 7.99. The molecule has 102 valence electrons. The number of hydrogen-bond acceptors (Lipinski definition) is 5. The van der Waals surface area contributed by atoms with Gasteiger partial charge >= 0.3 is 0 Å². The Kier molecular flexibility index (Phi) is 3.51. The van der Waals surface area contributed by atoms with Gasteiger partial charge in [0.1, 0.15) is 5.56 Å². The van der Waals surface area contributed by atoms with Crippen molar-refractivity contribution in [3.8, 4) is 0 Å². The molecule has 0 unspecified atom stereocenters. The Morgan fingerprint density at radius 2 is 2.30 bits per heavy atom. The van der Waals surface area contributed by atoms with E-state index in [9.17, 15) is 9.59 Å². The Bertz CT molecular complexity index is 699. The Morgan fingerprint density at radius 1 is 1.40 bits per heavy atom. The van der Waals surface area contributed by atoms with Gasteiger partial charge in [-0.15, -0.1) is 0 Å². The van der Waals surface area contributed by atoms with E-state index in [0.717, 1.165) is 11.4 Å². The molecule has 1 aliphatic rings. The monoisotopic (exact) mass is 288 g/mol. The first-order chi connectivity index (χ1) is 9.75. The average molecular weight is 288 g/mol. The number of nitrogens with zero attached hydrogens (tertiary/aromatic N) is 3. The van der Waals surface area contributed by atoms with Crippen molar-refractivity contribution in [2.24, 2.45) is 0 Å². The predicted molar refractivity (Wildman–Crippen MR) is 74.6 cm³/mol. The molecule has 0 fully saturated rings. The normalized spacial score (nSPS) is 13.0. The second kappa shape index (κ2) is 5.46. The van der Waals surface area contributed by atoms with Crippen molar-refractivity contribution < 1.29 is 4.79 Å². The lowest BCUT2D eigenvalue weighted by Gasteiger charge is -2.06. The van der Waals surface area contributed by atoms with Gasteiger partial charge in [-0.1, -0.05) is 17.8 Å². The second-order valence-electron chi connectivity index (χ2n) is 4.26. The Morgan fingerprint density at radius 3 is 3.10 bits per heavy atom. The van der Waals surface area contributed by atoms with E-state index in [4.69, 9.17) is 0 Å². The minimum Gasteiger partial charge on any atom is -0.346 e. The SMILES string of the molecule is O=C(NCc1ccccn1)c1cnc2n(c1=O)CCS2. The molecular weight excluding hydrogens is 276 g/mol. The molecule has 3 rings (SSSR count). The van der Waals surface area contributed by atoms with Crippen molar-refractivity contribution in [3.63, 3.8) is 0 Å². The summed E-state index contributed by atoms with van der Waals surface area (Å²) in [7, 11) is 0. The zero-order chi connectivity index (χ0) is 13.9. The highest BCUT2D eigenvalue weighted by Crippen LogP contribution is 2.20. The summed E-state index contributed by atoms with van der Waals surface area (Å²) in [5, 5.41) is 3.36. The number of carbonyl (C=O) groups excluding carboxylic acids is 1. The second-order valence-corrected chi connectivity index (χ2v) is 5.33. The van der Waals surface area contributed by atoms with Crippen LogP contribution in [0.15, 0.2) is 40.5 Å². The summed E-state index contributed by atoms with van der Waals surface area (Å²) >= 11 is 1.52. The highest BCUT2D eigenvalue weighted by Gasteiger charge is 2.19. The molecule has 0 spiro atoms. The van der Waals surface area contributed by atoms with Gasteiger partial charge in [0.2, 0.25) is 0 Å². The van der Waals surface area contributed by atoms with Gasteiger partial charge in [0.15, 0.2) is 5.16 Å². The number of rotatable bonds is 3. The Hall–Kier alpha value is -2.15. The molecule has 20 heavy (non-hydrogen) atoms. The van der Waals surface area contributed by atoms with Crippen LogP contribution in [0.5, 0.6) is 0 Å². The van der Waals surface area contributed by atoms with Crippen molar-refractivity contribution >= 4 is 17.7 Å². The molecule has 6 nitrogen and oxygen atoms in total. The van der Waals surface area contributed by atoms with Crippen LogP contribution in [0.1, 0.15) is 16.1 Å². The van der Waals surface area contributed by atoms with Crippen LogP contribution >= 0.6 is 11.8 Å². The number of fused-ring (bicyclic) bond motifs is 1. The standard InChI is InChI=1S/C13H12N4O2S/c18-11(15-7-9-3-1-2-4-14-9)10-8-16-13-17(12(10)19)5-6-20-13/h1-4,8H,5-7H2,(H,15,18). The number of hydrogen-bond donors (Lipinski definition) is 1. The third-order valence-corrected chi connectivity index (χ3v) is 3.93. The highest BCUT2D eigenvalue weighted by atomic mass is 32.2. The molecule has 2 aromatic rings. The fraction of sp³-hybridized carbons (Fsp3) is 0.231. The number of pyridine rings is 1. The van der Waals surface area contributed by atoms with Gasteiger partial charge < -0.3 is 5.32 Å². The first-order valence-electron chi connectivity index (χ1n) is 6.16. The summed E-state index contributed by atoms with van der Waals surface area (Å²) in [5.74, 6) is 0.404. The maximum absolute atomic E-state index is 12.1. The zero-order valence-corrected chi connectivity index (χ0v) is 11.4. The Balaban J connectivity index is 1.77. The summed E-state index contributed by atoms with van der Waals surface area (Å²) in [5.41, 5.74) is 0.538.